The first-order valence-electron chi connectivity index (χ1n) is 9.01. The molecule has 0 radical (unpaired) electrons. The van der Waals surface area contributed by atoms with E-state index in [9.17, 15) is 0 Å². The van der Waals surface area contributed by atoms with E-state index in [0.717, 1.165) is 0 Å². The Morgan fingerprint density at radius 1 is 0.750 bits per heavy atom. The first kappa shape index (κ1) is 15.6. The van der Waals surface area contributed by atoms with Crippen LogP contribution in [-0.2, 0) is 19.3 Å². The Labute approximate surface area is 126 Å². The van der Waals surface area contributed by atoms with Gasteiger partial charge in [0.1, 0.15) is 0 Å². The van der Waals surface area contributed by atoms with Crippen LogP contribution in [0.1, 0.15) is 87.8 Å². The minimum atomic E-state index is 1.29. The predicted octanol–water partition coefficient (Wildman–Crippen LogP) is 6.25. The highest BCUT2D eigenvalue weighted by molar-refractivity contribution is 5.33. The Balaban J connectivity index is 1.60. The minimum absolute atomic E-state index is 1.29. The number of hydrogen-bond acceptors (Lipinski definition) is 0. The summed E-state index contributed by atoms with van der Waals surface area (Å²) in [7, 11) is 0. The van der Waals surface area contributed by atoms with Gasteiger partial charge in [-0.05, 0) is 55.2 Å². The molecule has 0 heteroatoms. The van der Waals surface area contributed by atoms with E-state index in [-0.39, 0.29) is 0 Å². The zero-order valence-corrected chi connectivity index (χ0v) is 13.4. The van der Waals surface area contributed by atoms with Crippen LogP contribution in [0.5, 0.6) is 0 Å². The molecule has 0 nitrogen and oxygen atoms in total. The van der Waals surface area contributed by atoms with Crippen LogP contribution in [-0.4, -0.2) is 0 Å². The lowest BCUT2D eigenvalue weighted by Gasteiger charge is -2.16. The summed E-state index contributed by atoms with van der Waals surface area (Å²) in [6.45, 7) is 2.29. The fourth-order valence-corrected chi connectivity index (χ4v) is 3.41. The second kappa shape index (κ2) is 9.21. The summed E-state index contributed by atoms with van der Waals surface area (Å²) >= 11 is 0. The van der Waals surface area contributed by atoms with Crippen LogP contribution in [0.4, 0.5) is 0 Å². The largest absolute Gasteiger partial charge is 0.0654 e. The molecule has 0 bridgehead atoms. The highest BCUT2D eigenvalue weighted by Crippen LogP contribution is 2.23. The molecule has 2 rings (SSSR count). The fourth-order valence-electron chi connectivity index (χ4n) is 3.41. The first-order valence-corrected chi connectivity index (χ1v) is 9.01. The highest BCUT2D eigenvalue weighted by Gasteiger charge is 2.09. The second-order valence-corrected chi connectivity index (χ2v) is 6.54. The average Bonchev–Trinajstić information content (AvgIpc) is 2.50. The molecule has 0 saturated carbocycles. The summed E-state index contributed by atoms with van der Waals surface area (Å²) in [4.78, 5) is 0. The van der Waals surface area contributed by atoms with Gasteiger partial charge in [-0.15, -0.1) is 0 Å². The summed E-state index contributed by atoms with van der Waals surface area (Å²) in [5.41, 5.74) is 4.85. The quantitative estimate of drug-likeness (QED) is 0.466. The minimum Gasteiger partial charge on any atom is -0.0654 e. The predicted molar refractivity (Wildman–Crippen MR) is 89.4 cm³/mol. The van der Waals surface area contributed by atoms with Crippen molar-refractivity contribution in [2.24, 2.45) is 0 Å². The van der Waals surface area contributed by atoms with Crippen molar-refractivity contribution in [1.29, 1.82) is 0 Å². The molecular formula is C20H32. The maximum absolute atomic E-state index is 2.50. The molecular weight excluding hydrogens is 240 g/mol. The molecule has 1 aromatic rings. The zero-order valence-electron chi connectivity index (χ0n) is 13.4. The molecule has 0 aliphatic heterocycles. The summed E-state index contributed by atoms with van der Waals surface area (Å²) in [6.07, 6.45) is 18.1. The maximum Gasteiger partial charge on any atom is -0.0276 e. The van der Waals surface area contributed by atoms with Crippen molar-refractivity contribution >= 4 is 0 Å². The van der Waals surface area contributed by atoms with Gasteiger partial charge in [-0.1, -0.05) is 70.1 Å². The van der Waals surface area contributed by atoms with Crippen LogP contribution in [0.15, 0.2) is 18.2 Å². The van der Waals surface area contributed by atoms with Crippen LogP contribution in [0, 0.1) is 0 Å². The van der Waals surface area contributed by atoms with Crippen molar-refractivity contribution in [3.8, 4) is 0 Å². The smallest absolute Gasteiger partial charge is 0.0276 e. The summed E-state index contributed by atoms with van der Waals surface area (Å²) in [6, 6.07) is 7.27. The first-order chi connectivity index (χ1) is 9.90. The topological polar surface area (TPSA) is 0 Å². The van der Waals surface area contributed by atoms with E-state index in [4.69, 9.17) is 0 Å². The van der Waals surface area contributed by atoms with Gasteiger partial charge in [0.25, 0.3) is 0 Å². The second-order valence-electron chi connectivity index (χ2n) is 6.54. The van der Waals surface area contributed by atoms with Crippen LogP contribution in [0.25, 0.3) is 0 Å². The number of rotatable bonds is 9. The van der Waals surface area contributed by atoms with Crippen molar-refractivity contribution in [2.45, 2.75) is 90.4 Å². The lowest BCUT2D eigenvalue weighted by molar-refractivity contribution is 0.575. The van der Waals surface area contributed by atoms with Gasteiger partial charge in [0.2, 0.25) is 0 Å². The van der Waals surface area contributed by atoms with Crippen molar-refractivity contribution in [1.82, 2.24) is 0 Å². The van der Waals surface area contributed by atoms with E-state index in [1.165, 1.54) is 83.5 Å². The Morgan fingerprint density at radius 2 is 1.40 bits per heavy atom. The van der Waals surface area contributed by atoms with Gasteiger partial charge >= 0.3 is 0 Å². The van der Waals surface area contributed by atoms with Crippen LogP contribution < -0.4 is 0 Å². The number of aryl methyl sites for hydroxylation is 3. The van der Waals surface area contributed by atoms with Gasteiger partial charge in [-0.25, -0.2) is 0 Å². The molecule has 1 aliphatic carbocycles. The van der Waals surface area contributed by atoms with E-state index >= 15 is 0 Å². The van der Waals surface area contributed by atoms with E-state index in [0.29, 0.717) is 0 Å². The lowest BCUT2D eigenvalue weighted by Crippen LogP contribution is -2.03. The third-order valence-electron chi connectivity index (χ3n) is 4.73. The average molecular weight is 272 g/mol. The van der Waals surface area contributed by atoms with Gasteiger partial charge in [0.05, 0.1) is 0 Å². The van der Waals surface area contributed by atoms with Crippen molar-refractivity contribution in [3.63, 3.8) is 0 Å². The molecule has 0 N–H and O–H groups in total. The summed E-state index contributed by atoms with van der Waals surface area (Å²) in [5.74, 6) is 0. The van der Waals surface area contributed by atoms with Gasteiger partial charge < -0.3 is 0 Å². The molecule has 0 aromatic heterocycles. The zero-order chi connectivity index (χ0) is 14.0. The molecule has 1 aliphatic rings. The van der Waals surface area contributed by atoms with E-state index in [1.807, 2.05) is 0 Å². The Bertz CT molecular complexity index is 378. The number of benzene rings is 1. The third kappa shape index (κ3) is 5.31. The standard InChI is InChI=1S/C20H32/c1-2-3-4-5-6-7-8-9-12-18-15-16-19-13-10-11-14-20(19)17-18/h15-17H,2-14H2,1H3. The number of hydrogen-bond donors (Lipinski definition) is 0. The maximum atomic E-state index is 2.50. The molecule has 0 atom stereocenters. The number of fused-ring (bicyclic) bond motifs is 1. The number of unbranched alkanes of at least 4 members (excludes halogenated alkanes) is 7. The van der Waals surface area contributed by atoms with Crippen molar-refractivity contribution in [3.05, 3.63) is 34.9 Å². The molecule has 0 unspecified atom stereocenters. The highest BCUT2D eigenvalue weighted by atomic mass is 14.1. The van der Waals surface area contributed by atoms with Crippen LogP contribution in [0.2, 0.25) is 0 Å². The normalized spacial score (nSPS) is 14.2. The van der Waals surface area contributed by atoms with Crippen LogP contribution in [0.3, 0.4) is 0 Å². The van der Waals surface area contributed by atoms with Gasteiger partial charge in [-0.3, -0.25) is 0 Å². The van der Waals surface area contributed by atoms with E-state index in [2.05, 4.69) is 25.1 Å². The SMILES string of the molecule is CCCCCCCCCCc1ccc2c(c1)CCCC2. The Hall–Kier alpha value is -0.780. The van der Waals surface area contributed by atoms with Crippen LogP contribution >= 0.6 is 0 Å². The molecule has 1 aromatic carbocycles. The molecule has 20 heavy (non-hydrogen) atoms. The third-order valence-corrected chi connectivity index (χ3v) is 4.73. The Morgan fingerprint density at radius 3 is 2.15 bits per heavy atom. The Kier molecular flexibility index (Phi) is 7.19. The van der Waals surface area contributed by atoms with Gasteiger partial charge in [-0.2, -0.15) is 0 Å². The molecule has 0 fully saturated rings. The lowest BCUT2D eigenvalue weighted by atomic mass is 9.89. The summed E-state index contributed by atoms with van der Waals surface area (Å²) in [5, 5.41) is 0. The molecule has 0 heterocycles. The van der Waals surface area contributed by atoms with Crippen molar-refractivity contribution in [2.75, 3.05) is 0 Å². The molecule has 0 amide bonds. The monoisotopic (exact) mass is 272 g/mol. The van der Waals surface area contributed by atoms with E-state index in [1.54, 1.807) is 16.7 Å². The molecule has 0 saturated heterocycles. The molecule has 112 valence electrons. The fraction of sp³-hybridized carbons (Fsp3) is 0.700. The van der Waals surface area contributed by atoms with E-state index < -0.39 is 0 Å². The van der Waals surface area contributed by atoms with Gasteiger partial charge in [0.15, 0.2) is 0 Å². The van der Waals surface area contributed by atoms with Gasteiger partial charge in [0, 0.05) is 0 Å². The summed E-state index contributed by atoms with van der Waals surface area (Å²) < 4.78 is 0. The molecule has 0 spiro atoms. The van der Waals surface area contributed by atoms with Crippen molar-refractivity contribution < 1.29 is 0 Å².